The van der Waals surface area contributed by atoms with Crippen molar-refractivity contribution in [2.75, 3.05) is 20.6 Å². The van der Waals surface area contributed by atoms with Crippen molar-refractivity contribution in [2.24, 2.45) is 0 Å². The summed E-state index contributed by atoms with van der Waals surface area (Å²) in [6.07, 6.45) is 28.8. The maximum atomic E-state index is 2.30. The van der Waals surface area contributed by atoms with Crippen molar-refractivity contribution < 1.29 is 5.48 Å². The van der Waals surface area contributed by atoms with Crippen LogP contribution < -0.4 is 0 Å². The Morgan fingerprint density at radius 1 is 0.452 bits per heavy atom. The van der Waals surface area contributed by atoms with Crippen LogP contribution in [0.3, 0.4) is 0 Å². The number of hydrogen-bond acceptors (Lipinski definition) is 1. The monoisotopic (exact) mass is 433 g/mol. The van der Waals surface area contributed by atoms with Crippen LogP contribution in [0.15, 0.2) is 30.3 Å². The number of unbranched alkanes of at least 4 members (excludes halogenated alkanes) is 18. The van der Waals surface area contributed by atoms with E-state index in [-0.39, 0.29) is 5.48 Å². The number of hydrogen-bond donors (Lipinski definition) is 0. The van der Waals surface area contributed by atoms with Crippen LogP contribution in [0.1, 0.15) is 128 Å². The molecule has 182 valence electrons. The van der Waals surface area contributed by atoms with Crippen molar-refractivity contribution in [3.05, 3.63) is 35.9 Å². The fourth-order valence-electron chi connectivity index (χ4n) is 4.41. The van der Waals surface area contributed by atoms with Crippen molar-refractivity contribution in [3.63, 3.8) is 0 Å². The summed E-state index contributed by atoms with van der Waals surface area (Å²) in [5.74, 6) is 0. The molecule has 0 fully saturated rings. The molecule has 0 unspecified atom stereocenters. The summed E-state index contributed by atoms with van der Waals surface area (Å²) in [5.41, 5.74) is 1.50. The molecule has 2 heteroatoms. The molecule has 0 aliphatic rings. The Labute approximate surface area is 195 Å². The maximum absolute atomic E-state index is 2.30. The van der Waals surface area contributed by atoms with Gasteiger partial charge in [-0.2, -0.15) is 0 Å². The first-order valence-corrected chi connectivity index (χ1v) is 13.5. The lowest BCUT2D eigenvalue weighted by Gasteiger charge is -2.08. The molecule has 0 radical (unpaired) electrons. The van der Waals surface area contributed by atoms with Gasteiger partial charge in [-0.3, -0.25) is 0 Å². The van der Waals surface area contributed by atoms with E-state index in [1.54, 1.807) is 0 Å². The van der Waals surface area contributed by atoms with Crippen LogP contribution in [-0.4, -0.2) is 31.0 Å². The highest BCUT2D eigenvalue weighted by Crippen LogP contribution is 2.15. The van der Waals surface area contributed by atoms with Crippen LogP contribution in [0, 0.1) is 0 Å². The van der Waals surface area contributed by atoms with Crippen LogP contribution in [0.5, 0.6) is 0 Å². The quantitative estimate of drug-likeness (QED) is 0.169. The van der Waals surface area contributed by atoms with E-state index < -0.39 is 0 Å². The molecule has 0 saturated carbocycles. The lowest BCUT2D eigenvalue weighted by Crippen LogP contribution is -2.12. The highest BCUT2D eigenvalue weighted by Gasteiger charge is 1.96. The number of nitrogens with zero attached hydrogens (tertiary/aromatic N) is 1. The molecule has 2 N–H and O–H groups in total. The van der Waals surface area contributed by atoms with Crippen molar-refractivity contribution in [2.45, 2.75) is 128 Å². The first-order chi connectivity index (χ1) is 14.8. The molecule has 0 heterocycles. The molecule has 0 spiro atoms. The minimum atomic E-state index is 0. The second-order valence-electron chi connectivity index (χ2n) is 9.76. The third-order valence-corrected chi connectivity index (χ3v) is 6.41. The Morgan fingerprint density at radius 2 is 0.774 bits per heavy atom. The van der Waals surface area contributed by atoms with E-state index in [0.717, 1.165) is 0 Å². The zero-order valence-electron chi connectivity index (χ0n) is 21.2. The summed E-state index contributed by atoms with van der Waals surface area (Å²) in [6.45, 7) is 1.26. The van der Waals surface area contributed by atoms with Gasteiger partial charge in [0.15, 0.2) is 0 Å². The summed E-state index contributed by atoms with van der Waals surface area (Å²) in [5, 5.41) is 0. The predicted molar refractivity (Wildman–Crippen MR) is 140 cm³/mol. The summed E-state index contributed by atoms with van der Waals surface area (Å²) in [4.78, 5) is 2.30. The molecule has 1 aromatic carbocycles. The van der Waals surface area contributed by atoms with E-state index in [9.17, 15) is 0 Å². The third-order valence-electron chi connectivity index (χ3n) is 6.41. The van der Waals surface area contributed by atoms with Crippen LogP contribution in [0.25, 0.3) is 0 Å². The van der Waals surface area contributed by atoms with Crippen molar-refractivity contribution in [1.82, 2.24) is 4.90 Å². The Hall–Kier alpha value is -0.860. The van der Waals surface area contributed by atoms with E-state index in [0.29, 0.717) is 0 Å². The summed E-state index contributed by atoms with van der Waals surface area (Å²) in [7, 11) is 4.35. The SMILES string of the molecule is CN(C)CCCCCCCCCCCCCCCCCCCCCc1ccccc1.O. The van der Waals surface area contributed by atoms with Gasteiger partial charge in [0, 0.05) is 0 Å². The van der Waals surface area contributed by atoms with Gasteiger partial charge in [-0.1, -0.05) is 139 Å². The number of benzene rings is 1. The molecule has 0 aliphatic carbocycles. The molecule has 0 aromatic heterocycles. The predicted octanol–water partition coefficient (Wildman–Crippen LogP) is 8.38. The van der Waals surface area contributed by atoms with Gasteiger partial charge >= 0.3 is 0 Å². The van der Waals surface area contributed by atoms with Gasteiger partial charge in [0.05, 0.1) is 0 Å². The molecule has 31 heavy (non-hydrogen) atoms. The van der Waals surface area contributed by atoms with E-state index in [1.807, 2.05) is 0 Å². The maximum Gasteiger partial charge on any atom is -0.00248 e. The highest BCUT2D eigenvalue weighted by atomic mass is 16.0. The van der Waals surface area contributed by atoms with Crippen LogP contribution in [0.4, 0.5) is 0 Å². The van der Waals surface area contributed by atoms with Gasteiger partial charge in [0.25, 0.3) is 0 Å². The molecule has 1 aromatic rings. The largest absolute Gasteiger partial charge is 0.412 e. The Bertz CT molecular complexity index is 445. The molecule has 0 bridgehead atoms. The van der Waals surface area contributed by atoms with Gasteiger partial charge in [0.1, 0.15) is 0 Å². The molecule has 0 amide bonds. The van der Waals surface area contributed by atoms with Crippen molar-refractivity contribution in [1.29, 1.82) is 0 Å². The minimum absolute atomic E-state index is 0. The van der Waals surface area contributed by atoms with E-state index in [1.165, 1.54) is 141 Å². The van der Waals surface area contributed by atoms with Gasteiger partial charge in [-0.05, 0) is 45.5 Å². The zero-order valence-corrected chi connectivity index (χ0v) is 21.2. The second kappa shape index (κ2) is 23.8. The van der Waals surface area contributed by atoms with Gasteiger partial charge in [-0.25, -0.2) is 0 Å². The average Bonchev–Trinajstić information content (AvgIpc) is 2.75. The lowest BCUT2D eigenvalue weighted by atomic mass is 10.0. The van der Waals surface area contributed by atoms with Crippen LogP contribution in [-0.2, 0) is 6.42 Å². The highest BCUT2D eigenvalue weighted by molar-refractivity contribution is 5.14. The van der Waals surface area contributed by atoms with Gasteiger partial charge < -0.3 is 10.4 Å². The molecular weight excluding hydrogens is 378 g/mol. The molecule has 0 saturated heterocycles. The Kier molecular flexibility index (Phi) is 23.1. The topological polar surface area (TPSA) is 34.7 Å². The normalized spacial score (nSPS) is 11.1. The summed E-state index contributed by atoms with van der Waals surface area (Å²) < 4.78 is 0. The molecule has 1 rings (SSSR count). The first kappa shape index (κ1) is 30.1. The fourth-order valence-corrected chi connectivity index (χ4v) is 4.41. The second-order valence-corrected chi connectivity index (χ2v) is 9.76. The first-order valence-electron chi connectivity index (χ1n) is 13.5. The van der Waals surface area contributed by atoms with Crippen molar-refractivity contribution >= 4 is 0 Å². The molecular formula is C29H55NO. The van der Waals surface area contributed by atoms with Crippen molar-refractivity contribution in [3.8, 4) is 0 Å². The Balaban J connectivity index is 0.00000900. The van der Waals surface area contributed by atoms with Crippen LogP contribution >= 0.6 is 0 Å². The zero-order chi connectivity index (χ0) is 21.5. The third kappa shape index (κ3) is 22.1. The lowest BCUT2D eigenvalue weighted by molar-refractivity contribution is 0.389. The van der Waals surface area contributed by atoms with E-state index in [4.69, 9.17) is 0 Å². The van der Waals surface area contributed by atoms with Gasteiger partial charge in [0.2, 0.25) is 0 Å². The van der Waals surface area contributed by atoms with Gasteiger partial charge in [-0.15, -0.1) is 0 Å². The molecule has 0 atom stereocenters. The fraction of sp³-hybridized carbons (Fsp3) is 0.793. The Morgan fingerprint density at radius 3 is 1.13 bits per heavy atom. The van der Waals surface area contributed by atoms with Crippen LogP contribution in [0.2, 0.25) is 0 Å². The minimum Gasteiger partial charge on any atom is -0.412 e. The smallest absolute Gasteiger partial charge is 0.00248 e. The standard InChI is InChI=1S/C29H53N.H2O/c1-30(2)28-24-19-17-15-13-11-9-7-5-3-4-6-8-10-12-14-16-18-21-25-29-26-22-20-23-27-29;/h20,22-23,26-27H,3-19,21,24-25,28H2,1-2H3;1H2. The van der Waals surface area contributed by atoms with E-state index >= 15 is 0 Å². The molecule has 0 aliphatic heterocycles. The number of aryl methyl sites for hydroxylation is 1. The molecule has 2 nitrogen and oxygen atoms in total. The number of rotatable bonds is 22. The summed E-state index contributed by atoms with van der Waals surface area (Å²) >= 11 is 0. The average molecular weight is 434 g/mol. The van der Waals surface area contributed by atoms with E-state index in [2.05, 4.69) is 49.3 Å². The summed E-state index contributed by atoms with van der Waals surface area (Å²) in [6, 6.07) is 10.9.